The highest BCUT2D eigenvalue weighted by Crippen LogP contribution is 2.42. The molecule has 212 valence electrons. The zero-order valence-electron chi connectivity index (χ0n) is 23.4. The Balaban J connectivity index is 1.25. The molecule has 0 radical (unpaired) electrons. The number of pyridine rings is 1. The molecule has 0 spiro atoms. The predicted molar refractivity (Wildman–Crippen MR) is 164 cm³/mol. The minimum absolute atomic E-state index is 0.0497. The number of nitrogens with one attached hydrogen (secondary N) is 1. The number of carbonyl (C=O) groups excluding carboxylic acids is 1. The summed E-state index contributed by atoms with van der Waals surface area (Å²) in [6.45, 7) is 4.52. The van der Waals surface area contributed by atoms with Gasteiger partial charge in [0.1, 0.15) is 18.1 Å². The molecule has 2 aromatic heterocycles. The molecule has 2 aliphatic heterocycles. The van der Waals surface area contributed by atoms with Crippen molar-refractivity contribution in [1.29, 1.82) is 0 Å². The van der Waals surface area contributed by atoms with Gasteiger partial charge in [0.15, 0.2) is 5.78 Å². The molecule has 0 bridgehead atoms. The van der Waals surface area contributed by atoms with Crippen LogP contribution in [-0.2, 0) is 13.0 Å². The van der Waals surface area contributed by atoms with Crippen LogP contribution in [0.5, 0.6) is 11.5 Å². The largest absolute Gasteiger partial charge is 0.508 e. The van der Waals surface area contributed by atoms with Gasteiger partial charge in [0.25, 0.3) is 0 Å². The average molecular weight is 560 g/mol. The lowest BCUT2D eigenvalue weighted by Crippen LogP contribution is -2.33. The minimum Gasteiger partial charge on any atom is -0.508 e. The van der Waals surface area contributed by atoms with Gasteiger partial charge in [0, 0.05) is 47.4 Å². The van der Waals surface area contributed by atoms with E-state index in [1.54, 1.807) is 24.4 Å². The number of hydrogen-bond acceptors (Lipinski definition) is 5. The summed E-state index contributed by atoms with van der Waals surface area (Å²) in [5.41, 5.74) is 6.79. The second kappa shape index (κ2) is 11.0. The predicted octanol–water partition coefficient (Wildman–Crippen LogP) is 6.02. The van der Waals surface area contributed by atoms with Gasteiger partial charge in [-0.15, -0.1) is 0 Å². The van der Waals surface area contributed by atoms with Crippen molar-refractivity contribution in [2.45, 2.75) is 32.2 Å². The van der Waals surface area contributed by atoms with Gasteiger partial charge in [-0.3, -0.25) is 14.5 Å². The van der Waals surface area contributed by atoms with Crippen molar-refractivity contribution >= 4 is 16.7 Å². The Kier molecular flexibility index (Phi) is 6.88. The quantitative estimate of drug-likeness (QED) is 0.238. The summed E-state index contributed by atoms with van der Waals surface area (Å²) in [6.07, 6.45) is 6.30. The van der Waals surface area contributed by atoms with Crippen LogP contribution >= 0.6 is 0 Å². The molecule has 1 saturated heterocycles. The van der Waals surface area contributed by atoms with E-state index in [0.29, 0.717) is 24.3 Å². The van der Waals surface area contributed by atoms with Crippen molar-refractivity contribution in [2.24, 2.45) is 0 Å². The van der Waals surface area contributed by atoms with Crippen molar-refractivity contribution in [3.63, 3.8) is 0 Å². The van der Waals surface area contributed by atoms with Crippen LogP contribution < -0.4 is 10.3 Å². The number of likely N-dealkylation sites (tertiary alicyclic amines) is 1. The number of aromatic hydroxyl groups is 1. The van der Waals surface area contributed by atoms with Gasteiger partial charge >= 0.3 is 0 Å². The van der Waals surface area contributed by atoms with Crippen LogP contribution in [0.1, 0.15) is 40.7 Å². The molecule has 0 amide bonds. The van der Waals surface area contributed by atoms with E-state index in [-0.39, 0.29) is 17.1 Å². The first-order valence-corrected chi connectivity index (χ1v) is 14.7. The molecule has 7 nitrogen and oxygen atoms in total. The molecule has 5 aromatic rings. The maximum absolute atomic E-state index is 14.2. The second-order valence-corrected chi connectivity index (χ2v) is 11.2. The number of aryl methyl sites for hydroxylation is 2. The molecule has 0 saturated carbocycles. The number of phenols is 1. The summed E-state index contributed by atoms with van der Waals surface area (Å²) in [7, 11) is 0. The number of ether oxygens (including phenoxy) is 1. The second-order valence-electron chi connectivity index (χ2n) is 11.2. The Morgan fingerprint density at radius 3 is 2.48 bits per heavy atom. The van der Waals surface area contributed by atoms with E-state index < -0.39 is 0 Å². The molecule has 2 aliphatic rings. The van der Waals surface area contributed by atoms with Gasteiger partial charge in [0.05, 0.1) is 11.3 Å². The van der Waals surface area contributed by atoms with E-state index in [0.717, 1.165) is 70.7 Å². The van der Waals surface area contributed by atoms with Crippen LogP contribution in [0.25, 0.3) is 33.3 Å². The zero-order valence-corrected chi connectivity index (χ0v) is 23.4. The molecule has 7 heteroatoms. The van der Waals surface area contributed by atoms with Gasteiger partial charge in [0.2, 0.25) is 5.56 Å². The Hall–Kier alpha value is -4.62. The lowest BCUT2D eigenvalue weighted by Gasteiger charge is -2.26. The molecule has 0 atom stereocenters. The summed E-state index contributed by atoms with van der Waals surface area (Å²) >= 11 is 0. The lowest BCUT2D eigenvalue weighted by molar-refractivity contribution is 0.104. The number of carbonyl (C=O) groups is 1. The molecule has 0 aliphatic carbocycles. The molecular formula is C35H33N3O4. The number of phenolic OH excluding ortho intramolecular Hbond substituents is 1. The number of H-pyrrole nitrogens is 1. The van der Waals surface area contributed by atoms with Gasteiger partial charge in [-0.2, -0.15) is 0 Å². The Morgan fingerprint density at radius 1 is 0.881 bits per heavy atom. The van der Waals surface area contributed by atoms with Crippen LogP contribution in [-0.4, -0.2) is 51.6 Å². The Labute approximate surface area is 244 Å². The first kappa shape index (κ1) is 26.3. The third kappa shape index (κ3) is 4.90. The third-order valence-corrected chi connectivity index (χ3v) is 8.60. The van der Waals surface area contributed by atoms with Crippen molar-refractivity contribution < 1.29 is 14.6 Å². The fraction of sp³-hybridized carbons (Fsp3) is 0.257. The zero-order chi connectivity index (χ0) is 28.6. The lowest BCUT2D eigenvalue weighted by atomic mass is 9.92. The number of piperidine rings is 1. The van der Waals surface area contributed by atoms with Gasteiger partial charge in [-0.05, 0) is 104 Å². The molecular weight excluding hydrogens is 526 g/mol. The van der Waals surface area contributed by atoms with E-state index in [9.17, 15) is 14.7 Å². The van der Waals surface area contributed by atoms with Crippen molar-refractivity contribution in [3.05, 3.63) is 106 Å². The summed E-state index contributed by atoms with van der Waals surface area (Å²) in [6, 6.07) is 22.3. The number of nitrogens with zero attached hydrogens (tertiary/aromatic N) is 2. The molecule has 0 unspecified atom stereocenters. The molecule has 42 heavy (non-hydrogen) atoms. The van der Waals surface area contributed by atoms with Crippen LogP contribution in [0.4, 0.5) is 0 Å². The first-order valence-electron chi connectivity index (χ1n) is 14.7. The number of aromatic amines is 1. The molecule has 1 fully saturated rings. The van der Waals surface area contributed by atoms with Gasteiger partial charge in [-0.1, -0.05) is 18.6 Å². The molecule has 4 heterocycles. The van der Waals surface area contributed by atoms with Crippen molar-refractivity contribution in [2.75, 3.05) is 26.2 Å². The highest BCUT2D eigenvalue weighted by Gasteiger charge is 2.29. The molecule has 7 rings (SSSR count). The maximum Gasteiger partial charge on any atom is 0.247 e. The number of fused-ring (bicyclic) bond motifs is 5. The number of aromatic nitrogens is 2. The normalized spacial score (nSPS) is 14.9. The van der Waals surface area contributed by atoms with E-state index in [1.807, 2.05) is 42.5 Å². The highest BCUT2D eigenvalue weighted by atomic mass is 16.5. The van der Waals surface area contributed by atoms with Gasteiger partial charge in [-0.25, -0.2) is 0 Å². The monoisotopic (exact) mass is 559 g/mol. The maximum atomic E-state index is 14.2. The fourth-order valence-electron chi connectivity index (χ4n) is 6.43. The van der Waals surface area contributed by atoms with E-state index >= 15 is 0 Å². The fourth-order valence-corrected chi connectivity index (χ4v) is 6.43. The molecule has 3 aromatic carbocycles. The summed E-state index contributed by atoms with van der Waals surface area (Å²) in [5, 5.41) is 11.0. The van der Waals surface area contributed by atoms with Gasteiger partial charge < -0.3 is 19.4 Å². The Morgan fingerprint density at radius 2 is 1.69 bits per heavy atom. The van der Waals surface area contributed by atoms with Crippen LogP contribution in [0.2, 0.25) is 0 Å². The highest BCUT2D eigenvalue weighted by molar-refractivity contribution is 6.21. The topological polar surface area (TPSA) is 87.6 Å². The SMILES string of the molecule is O=C(c1ccc(OCCN2CCCCC2)cc1)c1c2n(c3cc(-c4ccc(=O)[nH]c4)ccc13)CCc1cc(O)ccc1-2. The third-order valence-electron chi connectivity index (χ3n) is 8.60. The van der Waals surface area contributed by atoms with Crippen molar-refractivity contribution in [1.82, 2.24) is 14.5 Å². The average Bonchev–Trinajstić information content (AvgIpc) is 3.36. The van der Waals surface area contributed by atoms with Crippen LogP contribution in [0, 0.1) is 0 Å². The van der Waals surface area contributed by atoms with Crippen molar-refractivity contribution in [3.8, 4) is 33.9 Å². The summed E-state index contributed by atoms with van der Waals surface area (Å²) in [4.78, 5) is 31.1. The summed E-state index contributed by atoms with van der Waals surface area (Å²) < 4.78 is 8.23. The number of ketones is 1. The molecule has 2 N–H and O–H groups in total. The van der Waals surface area contributed by atoms with E-state index in [4.69, 9.17) is 4.74 Å². The number of rotatable bonds is 7. The standard InChI is InChI=1S/C35H33N3O4/c39-27-8-12-29-25(20-27)14-17-38-31-21-24(26-7-13-32(40)36-22-26)6-11-30(31)33(34(29)38)35(41)23-4-9-28(10-5-23)42-19-18-37-15-2-1-3-16-37/h4-13,20-22,39H,1-3,14-19H2,(H,36,40). The van der Waals surface area contributed by atoms with E-state index in [2.05, 4.69) is 20.5 Å². The number of benzene rings is 3. The smallest absolute Gasteiger partial charge is 0.247 e. The van der Waals surface area contributed by atoms with E-state index in [1.165, 1.54) is 25.3 Å². The Bertz CT molecular complexity index is 1820. The van der Waals surface area contributed by atoms with Crippen LogP contribution in [0.3, 0.4) is 0 Å². The van der Waals surface area contributed by atoms with Crippen LogP contribution in [0.15, 0.2) is 83.8 Å². The number of hydrogen-bond donors (Lipinski definition) is 2. The first-order chi connectivity index (χ1) is 20.5. The minimum atomic E-state index is -0.147. The summed E-state index contributed by atoms with van der Waals surface area (Å²) in [5.74, 6) is 0.937.